The smallest absolute Gasteiger partial charge is 0.265 e. The largest absolute Gasteiger partial charge is 0.383 e. The van der Waals surface area contributed by atoms with E-state index in [2.05, 4.69) is 41.0 Å². The molecule has 12 heteroatoms. The van der Waals surface area contributed by atoms with Crippen molar-refractivity contribution in [3.63, 3.8) is 0 Å². The summed E-state index contributed by atoms with van der Waals surface area (Å²) in [6, 6.07) is 5.65. The topological polar surface area (TPSA) is 116 Å². The van der Waals surface area contributed by atoms with Gasteiger partial charge in [0, 0.05) is 30.4 Å². The lowest BCUT2D eigenvalue weighted by molar-refractivity contribution is 0.0663. The number of aryl methyl sites for hydroxylation is 1. The summed E-state index contributed by atoms with van der Waals surface area (Å²) in [4.78, 5) is 31.9. The van der Waals surface area contributed by atoms with E-state index in [-0.39, 0.29) is 18.0 Å². The molecule has 0 spiro atoms. The first-order valence-electron chi connectivity index (χ1n) is 9.84. The molecular weight excluding hydrogens is 498 g/mol. The van der Waals surface area contributed by atoms with Crippen molar-refractivity contribution in [1.29, 1.82) is 0 Å². The highest BCUT2D eigenvalue weighted by molar-refractivity contribution is 9.10. The Morgan fingerprint density at radius 2 is 2.00 bits per heavy atom. The van der Waals surface area contributed by atoms with Crippen LogP contribution in [-0.4, -0.2) is 40.5 Å². The fourth-order valence-corrected chi connectivity index (χ4v) is 3.57. The quantitative estimate of drug-likeness (QED) is 0.413. The van der Waals surface area contributed by atoms with Gasteiger partial charge >= 0.3 is 0 Å². The van der Waals surface area contributed by atoms with E-state index in [1.165, 1.54) is 34.2 Å². The summed E-state index contributed by atoms with van der Waals surface area (Å²) in [5, 5.41) is 4.93. The predicted octanol–water partition coefficient (Wildman–Crippen LogP) is 3.84. The first-order chi connectivity index (χ1) is 15.7. The van der Waals surface area contributed by atoms with Crippen LogP contribution < -0.4 is 5.73 Å². The minimum absolute atomic E-state index is 0.0590. The highest BCUT2D eigenvalue weighted by atomic mass is 79.9. The van der Waals surface area contributed by atoms with Gasteiger partial charge in [-0.1, -0.05) is 0 Å². The van der Waals surface area contributed by atoms with E-state index in [1.54, 1.807) is 26.1 Å². The van der Waals surface area contributed by atoms with E-state index in [0.29, 0.717) is 38.4 Å². The number of rotatable bonds is 6. The number of nitrogen functional groups attached to an aromatic ring is 1. The van der Waals surface area contributed by atoms with Crippen molar-refractivity contribution < 1.29 is 13.6 Å². The van der Waals surface area contributed by atoms with Gasteiger partial charge in [0.15, 0.2) is 11.5 Å². The van der Waals surface area contributed by atoms with E-state index in [0.717, 1.165) is 6.20 Å². The molecule has 0 aliphatic rings. The number of aromatic nitrogens is 6. The molecule has 9 nitrogen and oxygen atoms in total. The molecule has 0 bridgehead atoms. The minimum atomic E-state index is -2.62. The molecule has 170 valence electrons. The van der Waals surface area contributed by atoms with Crippen LogP contribution in [0, 0.1) is 0 Å². The number of carbonyl (C=O) groups is 1. The van der Waals surface area contributed by atoms with Crippen LogP contribution in [0.4, 0.5) is 14.6 Å². The third kappa shape index (κ3) is 4.80. The lowest BCUT2D eigenvalue weighted by atomic mass is 10.1. The number of nitrogens with zero attached hydrogens (tertiary/aromatic N) is 7. The second kappa shape index (κ2) is 9.14. The molecule has 1 atom stereocenters. The van der Waals surface area contributed by atoms with Crippen molar-refractivity contribution >= 4 is 38.7 Å². The van der Waals surface area contributed by atoms with Crippen LogP contribution in [-0.2, 0) is 13.6 Å². The van der Waals surface area contributed by atoms with Gasteiger partial charge in [0.25, 0.3) is 12.3 Å². The van der Waals surface area contributed by atoms with Crippen LogP contribution in [0.1, 0.15) is 46.8 Å². The Hall–Kier alpha value is -3.54. The Morgan fingerprint density at radius 1 is 1.21 bits per heavy atom. The molecule has 4 aromatic heterocycles. The van der Waals surface area contributed by atoms with Crippen LogP contribution >= 0.6 is 15.9 Å². The molecule has 2 N–H and O–H groups in total. The van der Waals surface area contributed by atoms with Gasteiger partial charge in [0.1, 0.15) is 12.1 Å². The van der Waals surface area contributed by atoms with Crippen LogP contribution in [0.15, 0.2) is 47.5 Å². The number of carbonyl (C=O) groups excluding carboxylic acids is 1. The maximum absolute atomic E-state index is 13.6. The normalized spacial score (nSPS) is 12.3. The number of alkyl halides is 2. The number of hydrogen-bond acceptors (Lipinski definition) is 7. The Morgan fingerprint density at radius 3 is 2.64 bits per heavy atom. The third-order valence-electron chi connectivity index (χ3n) is 5.05. The van der Waals surface area contributed by atoms with Crippen LogP contribution in [0.3, 0.4) is 0 Å². The fourth-order valence-electron chi connectivity index (χ4n) is 3.24. The number of halogens is 3. The van der Waals surface area contributed by atoms with E-state index in [4.69, 9.17) is 5.73 Å². The predicted molar refractivity (Wildman–Crippen MR) is 120 cm³/mol. The van der Waals surface area contributed by atoms with Crippen LogP contribution in [0.5, 0.6) is 0 Å². The Bertz CT molecular complexity index is 1310. The summed E-state index contributed by atoms with van der Waals surface area (Å²) in [5.74, 6) is 0.377. The van der Waals surface area contributed by atoms with E-state index in [9.17, 15) is 13.6 Å². The number of fused-ring (bicyclic) bond motifs is 1. The summed E-state index contributed by atoms with van der Waals surface area (Å²) in [6.45, 7) is 1.84. The number of nitrogens with two attached hydrogens (primary N) is 1. The molecule has 33 heavy (non-hydrogen) atoms. The van der Waals surface area contributed by atoms with Gasteiger partial charge in [-0.05, 0) is 47.1 Å². The SMILES string of the molecule is C[C@H](c1ncn(C)n1)N(Cc1ccc(C(F)F)cn1)C(=O)c1cnc2nc(N)c(Br)cc2c1. The van der Waals surface area contributed by atoms with E-state index in [1.807, 2.05) is 0 Å². The summed E-state index contributed by atoms with van der Waals surface area (Å²) in [5.41, 5.74) is 6.79. The monoisotopic (exact) mass is 516 g/mol. The van der Waals surface area contributed by atoms with Crippen molar-refractivity contribution in [2.75, 3.05) is 5.73 Å². The molecule has 0 saturated heterocycles. The summed E-state index contributed by atoms with van der Waals surface area (Å²) < 4.78 is 27.9. The molecule has 0 unspecified atom stereocenters. The average molecular weight is 517 g/mol. The number of pyridine rings is 3. The first kappa shape index (κ1) is 22.6. The molecule has 0 saturated carbocycles. The second-order valence-electron chi connectivity index (χ2n) is 7.40. The highest BCUT2D eigenvalue weighted by Gasteiger charge is 2.27. The molecule has 1 amide bonds. The van der Waals surface area contributed by atoms with Gasteiger partial charge < -0.3 is 10.6 Å². The van der Waals surface area contributed by atoms with Gasteiger partial charge in [-0.3, -0.25) is 14.5 Å². The van der Waals surface area contributed by atoms with E-state index < -0.39 is 12.5 Å². The molecule has 0 aliphatic carbocycles. The van der Waals surface area contributed by atoms with Crippen molar-refractivity contribution in [3.8, 4) is 0 Å². The van der Waals surface area contributed by atoms with Gasteiger partial charge in [0.05, 0.1) is 28.3 Å². The molecule has 4 aromatic rings. The van der Waals surface area contributed by atoms with E-state index >= 15 is 0 Å². The zero-order valence-electron chi connectivity index (χ0n) is 17.7. The minimum Gasteiger partial charge on any atom is -0.383 e. The number of amides is 1. The lowest BCUT2D eigenvalue weighted by Crippen LogP contribution is -2.34. The third-order valence-corrected chi connectivity index (χ3v) is 5.68. The van der Waals surface area contributed by atoms with Crippen molar-refractivity contribution in [3.05, 3.63) is 70.1 Å². The maximum atomic E-state index is 13.6. The van der Waals surface area contributed by atoms with Crippen molar-refractivity contribution in [2.24, 2.45) is 7.05 Å². The fraction of sp³-hybridized carbons (Fsp3) is 0.238. The summed E-state index contributed by atoms with van der Waals surface area (Å²) >= 11 is 3.33. The average Bonchev–Trinajstić information content (AvgIpc) is 3.23. The number of anilines is 1. The van der Waals surface area contributed by atoms with Crippen LogP contribution in [0.2, 0.25) is 0 Å². The molecule has 4 heterocycles. The maximum Gasteiger partial charge on any atom is 0.265 e. The first-order valence-corrected chi connectivity index (χ1v) is 10.6. The Labute approximate surface area is 195 Å². The molecule has 0 aliphatic heterocycles. The zero-order chi connectivity index (χ0) is 23.7. The van der Waals surface area contributed by atoms with Crippen LogP contribution in [0.25, 0.3) is 11.0 Å². The van der Waals surface area contributed by atoms with Crippen molar-refractivity contribution in [1.82, 2.24) is 34.6 Å². The van der Waals surface area contributed by atoms with Crippen molar-refractivity contribution in [2.45, 2.75) is 25.9 Å². The second-order valence-corrected chi connectivity index (χ2v) is 8.25. The molecule has 0 radical (unpaired) electrons. The Kier molecular flexibility index (Phi) is 6.27. The molecule has 4 rings (SSSR count). The number of hydrogen-bond donors (Lipinski definition) is 1. The zero-order valence-corrected chi connectivity index (χ0v) is 19.2. The molecule has 0 aromatic carbocycles. The van der Waals surface area contributed by atoms with Gasteiger partial charge in [-0.2, -0.15) is 5.10 Å². The lowest BCUT2D eigenvalue weighted by Gasteiger charge is -2.27. The molecule has 0 fully saturated rings. The molecular formula is C21H19BrF2N8O. The summed E-state index contributed by atoms with van der Waals surface area (Å²) in [7, 11) is 1.73. The summed E-state index contributed by atoms with van der Waals surface area (Å²) in [6.07, 6.45) is 1.45. The standard InChI is InChI=1S/C21H19BrF2N8O/c1-11(19-28-10-31(2)30-19)32(9-15-4-3-12(7-26-15)17(23)24)21(33)14-5-13-6-16(22)18(25)29-20(13)27-8-14/h3-8,10-11,17H,9H2,1-2H3,(H2,25,27,29)/t11-/m1/s1. The van der Waals surface area contributed by atoms with Gasteiger partial charge in [-0.15, -0.1) is 0 Å². The van der Waals surface area contributed by atoms with Gasteiger partial charge in [-0.25, -0.2) is 23.7 Å². The Balaban J connectivity index is 1.70. The van der Waals surface area contributed by atoms with Gasteiger partial charge in [0.2, 0.25) is 0 Å². The highest BCUT2D eigenvalue weighted by Crippen LogP contribution is 2.26.